The number of nitrogens with one attached hydrogen (secondary N) is 2. The molecule has 1 saturated carbocycles. The highest BCUT2D eigenvalue weighted by Gasteiger charge is 2.45. The van der Waals surface area contributed by atoms with Crippen LogP contribution in [-0.4, -0.2) is 113 Å². The summed E-state index contributed by atoms with van der Waals surface area (Å²) in [5.74, 6) is 0.0686. The Bertz CT molecular complexity index is 2420. The van der Waals surface area contributed by atoms with E-state index in [2.05, 4.69) is 43.3 Å². The minimum Gasteiger partial charge on any atom is -0.490 e. The fourth-order valence-corrected chi connectivity index (χ4v) is 9.65. The molecule has 0 bridgehead atoms. The monoisotopic (exact) mass is 823 g/mol. The Morgan fingerprint density at radius 1 is 0.885 bits per heavy atom. The number of anilines is 2. The van der Waals surface area contributed by atoms with Gasteiger partial charge in [0.2, 0.25) is 11.8 Å². The summed E-state index contributed by atoms with van der Waals surface area (Å²) < 4.78 is 6.37. The predicted molar refractivity (Wildman–Crippen MR) is 226 cm³/mol. The summed E-state index contributed by atoms with van der Waals surface area (Å²) in [4.78, 5) is 81.1. The summed E-state index contributed by atoms with van der Waals surface area (Å²) in [6, 6.07) is 18.1. The van der Waals surface area contributed by atoms with Crippen LogP contribution < -0.4 is 25.2 Å². The van der Waals surface area contributed by atoms with Crippen LogP contribution >= 0.6 is 0 Å². The number of aromatic nitrogens is 2. The molecule has 1 unspecified atom stereocenters. The van der Waals surface area contributed by atoms with Gasteiger partial charge >= 0.3 is 0 Å². The van der Waals surface area contributed by atoms with Gasteiger partial charge in [-0.3, -0.25) is 44.1 Å². The number of piperazine rings is 1. The molecule has 2 atom stereocenters. The second-order valence-electron chi connectivity index (χ2n) is 17.0. The van der Waals surface area contributed by atoms with Crippen molar-refractivity contribution in [2.75, 3.05) is 49.1 Å². The molecule has 4 aliphatic heterocycles. The Balaban J connectivity index is 0.713. The Morgan fingerprint density at radius 3 is 2.43 bits per heavy atom. The molecule has 15 nitrogen and oxygen atoms in total. The molecule has 4 fully saturated rings. The highest BCUT2D eigenvalue weighted by Crippen LogP contribution is 2.33. The Labute approximate surface area is 354 Å². The van der Waals surface area contributed by atoms with E-state index in [1.165, 1.54) is 0 Å². The summed E-state index contributed by atoms with van der Waals surface area (Å²) in [5, 5.41) is 15.7. The van der Waals surface area contributed by atoms with Crippen molar-refractivity contribution < 1.29 is 28.7 Å². The fraction of sp³-hybridized carbons (Fsp3) is 0.435. The zero-order valence-corrected chi connectivity index (χ0v) is 34.2. The third kappa shape index (κ3) is 8.12. The topological polar surface area (TPSA) is 181 Å². The van der Waals surface area contributed by atoms with Gasteiger partial charge in [0.05, 0.1) is 33.9 Å². The van der Waals surface area contributed by atoms with Gasteiger partial charge in [0, 0.05) is 81.2 Å². The third-order valence-electron chi connectivity index (χ3n) is 13.1. The van der Waals surface area contributed by atoms with Crippen LogP contribution in [0.3, 0.4) is 0 Å². The number of benzene rings is 2. The number of carbonyl (C=O) groups excluding carboxylic acids is 5. The number of ether oxygens (including phenoxy) is 1. The number of nitrogens with zero attached hydrogens (tertiary/aromatic N) is 7. The van der Waals surface area contributed by atoms with E-state index in [0.29, 0.717) is 33.7 Å². The summed E-state index contributed by atoms with van der Waals surface area (Å²) in [5.41, 5.74) is 3.19. The van der Waals surface area contributed by atoms with Gasteiger partial charge in [-0.2, -0.15) is 5.26 Å². The number of hydrogen-bond donors (Lipinski definition) is 2. The molecule has 15 heteroatoms. The zero-order chi connectivity index (χ0) is 42.2. The molecule has 2 aromatic heterocycles. The Hall–Kier alpha value is -6.40. The Kier molecular flexibility index (Phi) is 11.1. The molecular weight excluding hydrogens is 775 g/mol. The Morgan fingerprint density at radius 2 is 1.69 bits per heavy atom. The lowest BCUT2D eigenvalue weighted by atomic mass is 9.92. The quantitative estimate of drug-likeness (QED) is 0.227. The van der Waals surface area contributed by atoms with Gasteiger partial charge in [-0.25, -0.2) is 4.98 Å². The maximum atomic E-state index is 13.4. The number of imide groups is 2. The van der Waals surface area contributed by atoms with Crippen molar-refractivity contribution in [3.8, 4) is 11.8 Å². The first-order valence-corrected chi connectivity index (χ1v) is 21.4. The van der Waals surface area contributed by atoms with Gasteiger partial charge in [0.15, 0.2) is 0 Å². The lowest BCUT2D eigenvalue weighted by molar-refractivity contribution is -0.136. The molecule has 2 aromatic carbocycles. The molecule has 0 radical (unpaired) electrons. The van der Waals surface area contributed by atoms with Crippen LogP contribution in [-0.2, 0) is 9.59 Å². The summed E-state index contributed by atoms with van der Waals surface area (Å²) in [6.45, 7) is 7.48. The van der Waals surface area contributed by atoms with Crippen molar-refractivity contribution in [2.24, 2.45) is 5.92 Å². The number of rotatable bonds is 9. The average Bonchev–Trinajstić information content (AvgIpc) is 3.53. The highest BCUT2D eigenvalue weighted by molar-refractivity contribution is 6.23. The van der Waals surface area contributed by atoms with Gasteiger partial charge in [-0.1, -0.05) is 0 Å². The van der Waals surface area contributed by atoms with Gasteiger partial charge in [-0.15, -0.1) is 0 Å². The molecule has 5 aliphatic rings. The number of fused-ring (bicyclic) bond motifs is 2. The van der Waals surface area contributed by atoms with E-state index in [1.54, 1.807) is 30.6 Å². The van der Waals surface area contributed by atoms with Crippen molar-refractivity contribution in [1.82, 2.24) is 30.4 Å². The molecule has 4 aromatic rings. The van der Waals surface area contributed by atoms with Crippen LogP contribution in [0, 0.1) is 17.2 Å². The van der Waals surface area contributed by atoms with E-state index in [-0.39, 0.29) is 36.9 Å². The first-order chi connectivity index (χ1) is 29.6. The molecule has 9 rings (SSSR count). The highest BCUT2D eigenvalue weighted by atomic mass is 16.5. The molecule has 61 heavy (non-hydrogen) atoms. The minimum atomic E-state index is -0.979. The van der Waals surface area contributed by atoms with E-state index in [9.17, 15) is 29.2 Å². The number of carbonyl (C=O) groups is 5. The lowest BCUT2D eigenvalue weighted by Gasteiger charge is -2.43. The second kappa shape index (κ2) is 16.9. The molecule has 3 saturated heterocycles. The van der Waals surface area contributed by atoms with Gasteiger partial charge in [-0.05, 0) is 112 Å². The van der Waals surface area contributed by atoms with Crippen LogP contribution in [0.25, 0.3) is 10.9 Å². The van der Waals surface area contributed by atoms with Crippen molar-refractivity contribution >= 4 is 51.9 Å². The van der Waals surface area contributed by atoms with E-state index in [4.69, 9.17) is 9.72 Å². The summed E-state index contributed by atoms with van der Waals surface area (Å²) >= 11 is 0. The van der Waals surface area contributed by atoms with Crippen LogP contribution in [0.5, 0.6) is 5.75 Å². The normalized spacial score (nSPS) is 23.8. The van der Waals surface area contributed by atoms with Gasteiger partial charge < -0.3 is 19.9 Å². The summed E-state index contributed by atoms with van der Waals surface area (Å²) in [7, 11) is 0. The van der Waals surface area contributed by atoms with Gasteiger partial charge in [0.25, 0.3) is 17.7 Å². The molecule has 6 heterocycles. The van der Waals surface area contributed by atoms with Crippen LogP contribution in [0.2, 0.25) is 0 Å². The molecule has 0 spiro atoms. The first kappa shape index (κ1) is 40.0. The number of piperidine rings is 2. The largest absolute Gasteiger partial charge is 0.490 e. The molecule has 314 valence electrons. The minimum absolute atomic E-state index is 0.0254. The molecule has 1 aliphatic carbocycles. The number of amides is 5. The zero-order valence-electron chi connectivity index (χ0n) is 34.2. The van der Waals surface area contributed by atoms with E-state index in [0.717, 1.165) is 105 Å². The SMILES string of the molecule is C[C@H]1CN(c2ccc3c(c2)C(=O)N(C2CCC(=O)NC2=O)C3=O)CCN1CC1CCN(c2ccc(C(=O)N[C@H]3CC[C@H](Oc4ccc(C#N)c5ncccc45)CC3)cn2)CC1. The van der Waals surface area contributed by atoms with Crippen LogP contribution in [0.1, 0.15) is 94.9 Å². The third-order valence-corrected chi connectivity index (χ3v) is 13.1. The molecule has 5 amide bonds. The first-order valence-electron chi connectivity index (χ1n) is 21.4. The fourth-order valence-electron chi connectivity index (χ4n) is 9.65. The van der Waals surface area contributed by atoms with Crippen LogP contribution in [0.4, 0.5) is 11.5 Å². The number of nitriles is 1. The summed E-state index contributed by atoms with van der Waals surface area (Å²) in [6.07, 6.45) is 8.95. The molecular formula is C46H49N9O6. The molecule has 2 N–H and O–H groups in total. The van der Waals surface area contributed by atoms with Crippen molar-refractivity contribution in [3.05, 3.63) is 89.2 Å². The predicted octanol–water partition coefficient (Wildman–Crippen LogP) is 4.45. The number of hydrogen-bond acceptors (Lipinski definition) is 12. The van der Waals surface area contributed by atoms with Crippen molar-refractivity contribution in [2.45, 2.75) is 82.5 Å². The lowest BCUT2D eigenvalue weighted by Crippen LogP contribution is -2.54. The van der Waals surface area contributed by atoms with E-state index >= 15 is 0 Å². The standard InChI is InChI=1S/C46H49N9O6/c1-28-26-54(33-8-11-35-37(23-33)46(60)55(45(35)59)38-12-15-41(56)51-44(38)58)22-21-53(28)27-29-16-19-52(20-17-29)40-14-5-31(25-49-40)43(57)50-32-6-9-34(10-7-32)61-39-13-4-30(24-47)42-36(39)3-2-18-48-42/h2-5,8,11,13-14,18,23,25,28-29,32,34,38H,6-7,9-10,12,15-17,19-22,26-27H2,1H3,(H,50,57)(H,51,56,58)/t28-,32-,34-,38?/m0/s1. The second-order valence-corrected chi connectivity index (χ2v) is 17.0. The van der Waals surface area contributed by atoms with Crippen LogP contribution in [0.15, 0.2) is 67.0 Å². The van der Waals surface area contributed by atoms with Crippen molar-refractivity contribution in [1.29, 1.82) is 5.26 Å². The van der Waals surface area contributed by atoms with E-state index in [1.807, 2.05) is 36.4 Å². The smallest absolute Gasteiger partial charge is 0.262 e. The maximum absolute atomic E-state index is 13.4. The van der Waals surface area contributed by atoms with Gasteiger partial charge in [0.1, 0.15) is 23.7 Å². The number of pyridine rings is 2. The van der Waals surface area contributed by atoms with Crippen molar-refractivity contribution in [3.63, 3.8) is 0 Å². The average molecular weight is 824 g/mol. The maximum Gasteiger partial charge on any atom is 0.262 e. The van der Waals surface area contributed by atoms with E-state index < -0.39 is 29.7 Å².